The van der Waals surface area contributed by atoms with Crippen LogP contribution in [-0.4, -0.2) is 59.9 Å². The molecule has 0 bridgehead atoms. The number of nitrogens with one attached hydrogen (secondary N) is 1. The molecule has 3 atom stereocenters. The Balaban J connectivity index is 2.15. The molecule has 1 aromatic carbocycles. The highest BCUT2D eigenvalue weighted by molar-refractivity contribution is 7.50. The zero-order chi connectivity index (χ0) is 29.9. The van der Waals surface area contributed by atoms with Gasteiger partial charge >= 0.3 is 17.6 Å². The predicted molar refractivity (Wildman–Crippen MR) is 155 cm³/mol. The number of nitrogens with two attached hydrogens (primary N) is 1. The van der Waals surface area contributed by atoms with Gasteiger partial charge in [0.1, 0.15) is 36.7 Å². The van der Waals surface area contributed by atoms with Crippen molar-refractivity contribution < 1.29 is 32.7 Å². The van der Waals surface area contributed by atoms with Gasteiger partial charge in [-0.05, 0) is 31.0 Å². The highest BCUT2D eigenvalue weighted by atomic mass is 31.2. The molecule has 0 aliphatic carbocycles. The van der Waals surface area contributed by atoms with Gasteiger partial charge < -0.3 is 24.5 Å². The predicted octanol–water partition coefficient (Wildman–Crippen LogP) is 4.34. The van der Waals surface area contributed by atoms with Gasteiger partial charge in [0, 0.05) is 6.20 Å². The molecular formula is C28H42FN4O7P. The molecule has 0 aliphatic rings. The molecule has 13 heteroatoms. The summed E-state index contributed by atoms with van der Waals surface area (Å²) >= 11 is 0. The van der Waals surface area contributed by atoms with E-state index in [1.165, 1.54) is 16.8 Å². The Morgan fingerprint density at radius 1 is 1.05 bits per heavy atom. The number of carbonyl (C=O) groups is 2. The number of rotatable bonds is 21. The molecule has 0 spiro atoms. The summed E-state index contributed by atoms with van der Waals surface area (Å²) in [5, 5.41) is 3.06. The maximum atomic E-state index is 13.9. The average Bonchev–Trinajstić information content (AvgIpc) is 2.96. The van der Waals surface area contributed by atoms with Crippen molar-refractivity contribution in [3.05, 3.63) is 53.1 Å². The van der Waals surface area contributed by atoms with Crippen LogP contribution in [0.1, 0.15) is 58.8 Å². The standard InChI is InChI=1S/C28H42FN4O7P/c1-3-5-10-16-37-26(34)18-24(27(35)38-17-11-6-4-2)32-41(40-22-12-8-7-9-13-22)21-39-23(19-29)20-33-15-14-25(30)31-28(33)36/h7-9,12-15,23-24,32H,3-6,10-11,16-21H2,1-2H3,(H2,30,31,36). The molecule has 0 radical (unpaired) electrons. The Bertz CT molecular complexity index is 1090. The number of esters is 2. The molecule has 0 aliphatic heterocycles. The van der Waals surface area contributed by atoms with E-state index in [1.54, 1.807) is 24.3 Å². The van der Waals surface area contributed by atoms with E-state index in [0.717, 1.165) is 32.1 Å². The van der Waals surface area contributed by atoms with Gasteiger partial charge in [0.15, 0.2) is 8.30 Å². The minimum absolute atomic E-state index is 0.0597. The van der Waals surface area contributed by atoms with E-state index in [0.29, 0.717) is 12.2 Å². The molecule has 228 valence electrons. The number of carbonyl (C=O) groups excluding carboxylic acids is 2. The fourth-order valence-corrected chi connectivity index (χ4v) is 5.01. The first-order valence-electron chi connectivity index (χ1n) is 14.0. The van der Waals surface area contributed by atoms with E-state index >= 15 is 0 Å². The van der Waals surface area contributed by atoms with Crippen LogP contribution in [-0.2, 0) is 30.3 Å². The number of anilines is 1. The largest absolute Gasteiger partial charge is 0.466 e. The number of unbranched alkanes of at least 4 members (excludes halogenated alkanes) is 4. The van der Waals surface area contributed by atoms with Gasteiger partial charge in [0.25, 0.3) is 0 Å². The summed E-state index contributed by atoms with van der Waals surface area (Å²) in [6, 6.07) is 9.20. The number of halogens is 1. The molecule has 0 saturated carbocycles. The number of aromatic nitrogens is 2. The second-order valence-corrected chi connectivity index (χ2v) is 10.8. The van der Waals surface area contributed by atoms with Gasteiger partial charge in [0.2, 0.25) is 0 Å². The topological polar surface area (TPSA) is 144 Å². The Morgan fingerprint density at radius 3 is 2.37 bits per heavy atom. The molecule has 0 fully saturated rings. The fraction of sp³-hybridized carbons (Fsp3) is 0.571. The molecule has 0 saturated heterocycles. The van der Waals surface area contributed by atoms with Crippen LogP contribution in [0, 0.1) is 0 Å². The minimum atomic E-state index is -1.78. The number of alkyl halides is 1. The average molecular weight is 597 g/mol. The first-order valence-corrected chi connectivity index (χ1v) is 15.4. The van der Waals surface area contributed by atoms with Gasteiger partial charge in [-0.15, -0.1) is 0 Å². The van der Waals surface area contributed by atoms with Crippen LogP contribution in [0.2, 0.25) is 0 Å². The van der Waals surface area contributed by atoms with Crippen molar-refractivity contribution in [3.8, 4) is 5.75 Å². The molecule has 1 heterocycles. The third-order valence-electron chi connectivity index (χ3n) is 5.81. The second-order valence-electron chi connectivity index (χ2n) is 9.33. The van der Waals surface area contributed by atoms with E-state index in [9.17, 15) is 18.8 Å². The number of para-hydroxylation sites is 1. The molecule has 3 N–H and O–H groups in total. The van der Waals surface area contributed by atoms with E-state index in [4.69, 9.17) is 24.5 Å². The number of nitrogen functional groups attached to an aromatic ring is 1. The molecule has 0 amide bonds. The van der Waals surface area contributed by atoms with Crippen molar-refractivity contribution in [2.45, 2.75) is 77.5 Å². The summed E-state index contributed by atoms with van der Waals surface area (Å²) in [4.78, 5) is 41.3. The highest BCUT2D eigenvalue weighted by Crippen LogP contribution is 2.36. The lowest BCUT2D eigenvalue weighted by atomic mass is 10.2. The first kappa shape index (κ1) is 34.1. The summed E-state index contributed by atoms with van der Waals surface area (Å²) in [7, 11) is -1.78. The summed E-state index contributed by atoms with van der Waals surface area (Å²) in [6.45, 7) is 3.58. The molecule has 3 unspecified atom stereocenters. The van der Waals surface area contributed by atoms with Crippen LogP contribution < -0.4 is 21.0 Å². The van der Waals surface area contributed by atoms with E-state index in [2.05, 4.69) is 10.1 Å². The number of hydrogen-bond donors (Lipinski definition) is 2. The van der Waals surface area contributed by atoms with Gasteiger partial charge in [-0.25, -0.2) is 14.3 Å². The number of ether oxygens (including phenoxy) is 3. The summed E-state index contributed by atoms with van der Waals surface area (Å²) in [6.07, 6.45) is 5.19. The zero-order valence-corrected chi connectivity index (χ0v) is 24.7. The molecular weight excluding hydrogens is 554 g/mol. The number of nitrogens with zero attached hydrogens (tertiary/aromatic N) is 2. The minimum Gasteiger partial charge on any atom is -0.466 e. The quantitative estimate of drug-likeness (QED) is 0.121. The third-order valence-corrected chi connectivity index (χ3v) is 7.23. The van der Waals surface area contributed by atoms with Gasteiger partial charge in [0.05, 0.1) is 26.2 Å². The molecule has 11 nitrogen and oxygen atoms in total. The number of benzene rings is 1. The van der Waals surface area contributed by atoms with Gasteiger partial charge in [-0.3, -0.25) is 14.2 Å². The van der Waals surface area contributed by atoms with Crippen molar-refractivity contribution >= 4 is 26.1 Å². The van der Waals surface area contributed by atoms with E-state index in [1.807, 2.05) is 19.9 Å². The Morgan fingerprint density at radius 2 is 1.73 bits per heavy atom. The monoisotopic (exact) mass is 596 g/mol. The lowest BCUT2D eigenvalue weighted by Gasteiger charge is -2.26. The lowest BCUT2D eigenvalue weighted by Crippen LogP contribution is -2.39. The summed E-state index contributed by atoms with van der Waals surface area (Å²) in [5.41, 5.74) is 4.90. The fourth-order valence-electron chi connectivity index (χ4n) is 3.56. The summed E-state index contributed by atoms with van der Waals surface area (Å²) in [5.74, 6) is -0.610. The zero-order valence-electron chi connectivity index (χ0n) is 23.8. The first-order chi connectivity index (χ1) is 19.9. The van der Waals surface area contributed by atoms with E-state index < -0.39 is 44.7 Å². The Kier molecular flexibility index (Phi) is 16.6. The molecule has 2 rings (SSSR count). The van der Waals surface area contributed by atoms with Crippen LogP contribution in [0.5, 0.6) is 5.75 Å². The molecule has 1 aromatic heterocycles. The lowest BCUT2D eigenvalue weighted by molar-refractivity contribution is -0.152. The second kappa shape index (κ2) is 19.9. The van der Waals surface area contributed by atoms with Crippen LogP contribution in [0.4, 0.5) is 10.2 Å². The van der Waals surface area contributed by atoms with Crippen molar-refractivity contribution in [3.63, 3.8) is 0 Å². The maximum absolute atomic E-state index is 13.9. The maximum Gasteiger partial charge on any atom is 0.349 e. The van der Waals surface area contributed by atoms with Gasteiger partial charge in [-0.2, -0.15) is 4.98 Å². The Hall–Kier alpha value is -3.08. The number of hydrogen-bond acceptors (Lipinski definition) is 10. The third kappa shape index (κ3) is 13.9. The van der Waals surface area contributed by atoms with Crippen molar-refractivity contribution in [1.82, 2.24) is 14.6 Å². The van der Waals surface area contributed by atoms with Gasteiger partial charge in [-0.1, -0.05) is 57.7 Å². The normalized spacial score (nSPS) is 13.2. The van der Waals surface area contributed by atoms with E-state index in [-0.39, 0.29) is 38.3 Å². The van der Waals surface area contributed by atoms with Crippen LogP contribution in [0.3, 0.4) is 0 Å². The summed E-state index contributed by atoms with van der Waals surface area (Å²) < 4.78 is 37.7. The van der Waals surface area contributed by atoms with Crippen LogP contribution in [0.25, 0.3) is 0 Å². The Labute approximate surface area is 241 Å². The molecule has 2 aromatic rings. The SMILES string of the molecule is CCCCCOC(=O)CC(NP(COC(CF)Cn1ccc(N)nc1=O)Oc1ccccc1)C(=O)OCCCCC. The smallest absolute Gasteiger partial charge is 0.349 e. The van der Waals surface area contributed by atoms with Crippen LogP contribution in [0.15, 0.2) is 47.4 Å². The van der Waals surface area contributed by atoms with Crippen molar-refractivity contribution in [2.75, 3.05) is 32.0 Å². The molecule has 41 heavy (non-hydrogen) atoms. The van der Waals surface area contributed by atoms with Crippen LogP contribution >= 0.6 is 8.30 Å². The highest BCUT2D eigenvalue weighted by Gasteiger charge is 2.29. The van der Waals surface area contributed by atoms with Crippen molar-refractivity contribution in [1.29, 1.82) is 0 Å². The van der Waals surface area contributed by atoms with Crippen molar-refractivity contribution in [2.24, 2.45) is 0 Å².